The van der Waals surface area contributed by atoms with Gasteiger partial charge in [-0.2, -0.15) is 0 Å². The van der Waals surface area contributed by atoms with Crippen LogP contribution in [0.3, 0.4) is 0 Å². The SMILES string of the molecule is CC/C=C/CC/C=C/[C@@H](O)[C@H](COP(=O)([O-])OCC[N+](C)(C)C)NC(=O)C(C)CC. The number of amides is 1. The molecule has 0 saturated carbocycles. The lowest BCUT2D eigenvalue weighted by atomic mass is 10.1. The molecule has 2 unspecified atom stereocenters. The van der Waals surface area contributed by atoms with E-state index in [4.69, 9.17) is 9.05 Å². The number of rotatable bonds is 16. The van der Waals surface area contributed by atoms with Crippen molar-refractivity contribution in [2.24, 2.45) is 5.92 Å². The van der Waals surface area contributed by atoms with E-state index in [0.717, 1.165) is 19.3 Å². The first-order valence-corrected chi connectivity index (χ1v) is 12.1. The third kappa shape index (κ3) is 14.9. The average Bonchev–Trinajstić information content (AvgIpc) is 2.65. The highest BCUT2D eigenvalue weighted by Gasteiger charge is 2.24. The standard InChI is InChI=1S/C21H41N2O6P/c1-7-9-10-11-12-13-14-20(24)19(22-21(25)18(3)8-2)17-29-30(26,27)28-16-15-23(4,5)6/h9-10,13-14,18-20,24H,7-8,11-12,15-17H2,1-6H3,(H-,22,25,26,27)/b10-9+,14-13+/t18?,19-,20+/m0/s1. The predicted octanol–water partition coefficient (Wildman–Crippen LogP) is 2.39. The fourth-order valence-electron chi connectivity index (χ4n) is 2.22. The van der Waals surface area contributed by atoms with Gasteiger partial charge in [0.15, 0.2) is 0 Å². The van der Waals surface area contributed by atoms with Gasteiger partial charge < -0.3 is 28.8 Å². The van der Waals surface area contributed by atoms with Crippen molar-refractivity contribution in [1.82, 2.24) is 5.32 Å². The van der Waals surface area contributed by atoms with Gasteiger partial charge in [-0.3, -0.25) is 9.36 Å². The highest BCUT2D eigenvalue weighted by Crippen LogP contribution is 2.38. The number of carbonyl (C=O) groups is 1. The van der Waals surface area contributed by atoms with Crippen LogP contribution in [0.25, 0.3) is 0 Å². The van der Waals surface area contributed by atoms with Gasteiger partial charge in [-0.05, 0) is 25.7 Å². The zero-order valence-electron chi connectivity index (χ0n) is 19.4. The van der Waals surface area contributed by atoms with Crippen LogP contribution in [0.1, 0.15) is 46.5 Å². The number of hydrogen-bond acceptors (Lipinski definition) is 6. The molecule has 0 aromatic rings. The number of aliphatic hydroxyl groups is 1. The zero-order chi connectivity index (χ0) is 23.2. The number of nitrogens with zero attached hydrogens (tertiary/aromatic N) is 1. The Morgan fingerprint density at radius 3 is 2.37 bits per heavy atom. The van der Waals surface area contributed by atoms with Crippen molar-refractivity contribution < 1.29 is 32.9 Å². The number of phosphoric ester groups is 1. The second-order valence-electron chi connectivity index (χ2n) is 8.39. The van der Waals surface area contributed by atoms with Gasteiger partial charge in [-0.1, -0.05) is 45.1 Å². The maximum atomic E-state index is 12.3. The minimum Gasteiger partial charge on any atom is -0.756 e. The predicted molar refractivity (Wildman–Crippen MR) is 118 cm³/mol. The molecule has 0 aromatic carbocycles. The molecule has 9 heteroatoms. The van der Waals surface area contributed by atoms with Crippen molar-refractivity contribution in [1.29, 1.82) is 0 Å². The quantitative estimate of drug-likeness (QED) is 0.162. The summed E-state index contributed by atoms with van der Waals surface area (Å²) >= 11 is 0. The number of phosphoric acid groups is 1. The summed E-state index contributed by atoms with van der Waals surface area (Å²) in [5.41, 5.74) is 0. The third-order valence-corrected chi connectivity index (χ3v) is 5.42. The van der Waals surface area contributed by atoms with E-state index in [9.17, 15) is 19.4 Å². The molecule has 30 heavy (non-hydrogen) atoms. The van der Waals surface area contributed by atoms with E-state index in [-0.39, 0.29) is 18.4 Å². The van der Waals surface area contributed by atoms with Crippen LogP contribution in [-0.2, 0) is 18.4 Å². The topological polar surface area (TPSA) is 108 Å². The summed E-state index contributed by atoms with van der Waals surface area (Å²) in [5.74, 6) is -0.529. The molecule has 0 heterocycles. The Bertz CT molecular complexity index is 589. The normalized spacial score (nSPS) is 17.7. The molecule has 2 N–H and O–H groups in total. The van der Waals surface area contributed by atoms with Crippen molar-refractivity contribution in [2.75, 3.05) is 40.9 Å². The number of nitrogens with one attached hydrogen (secondary N) is 1. The molecule has 0 fully saturated rings. The lowest BCUT2D eigenvalue weighted by molar-refractivity contribution is -0.870. The first-order chi connectivity index (χ1) is 13.9. The smallest absolute Gasteiger partial charge is 0.268 e. The molecule has 0 aliphatic rings. The minimum atomic E-state index is -4.55. The first kappa shape index (κ1) is 29.0. The minimum absolute atomic E-state index is 0.0120. The van der Waals surface area contributed by atoms with Gasteiger partial charge in [0.1, 0.15) is 13.2 Å². The molecular weight excluding hydrogens is 407 g/mol. The second-order valence-corrected chi connectivity index (χ2v) is 9.80. The molecule has 0 saturated heterocycles. The summed E-state index contributed by atoms with van der Waals surface area (Å²) in [7, 11) is 1.21. The summed E-state index contributed by atoms with van der Waals surface area (Å²) in [4.78, 5) is 24.3. The summed E-state index contributed by atoms with van der Waals surface area (Å²) in [5, 5.41) is 13.1. The van der Waals surface area contributed by atoms with Crippen molar-refractivity contribution in [3.05, 3.63) is 24.3 Å². The van der Waals surface area contributed by atoms with Gasteiger partial charge in [-0.25, -0.2) is 0 Å². The molecule has 4 atom stereocenters. The van der Waals surface area contributed by atoms with Crippen LogP contribution in [0.5, 0.6) is 0 Å². The fourth-order valence-corrected chi connectivity index (χ4v) is 2.94. The monoisotopic (exact) mass is 448 g/mol. The Balaban J connectivity index is 4.90. The number of hydrogen-bond donors (Lipinski definition) is 2. The van der Waals surface area contributed by atoms with Gasteiger partial charge in [0.2, 0.25) is 5.91 Å². The highest BCUT2D eigenvalue weighted by atomic mass is 31.2. The van der Waals surface area contributed by atoms with E-state index >= 15 is 0 Å². The van der Waals surface area contributed by atoms with Gasteiger partial charge >= 0.3 is 0 Å². The molecule has 0 bridgehead atoms. The third-order valence-electron chi connectivity index (χ3n) is 4.46. The Hall–Kier alpha value is -1.02. The Morgan fingerprint density at radius 2 is 1.80 bits per heavy atom. The molecule has 0 radical (unpaired) electrons. The second kappa shape index (κ2) is 14.9. The van der Waals surface area contributed by atoms with Gasteiger partial charge in [0.05, 0.1) is 39.9 Å². The highest BCUT2D eigenvalue weighted by molar-refractivity contribution is 7.45. The largest absolute Gasteiger partial charge is 0.756 e. The lowest BCUT2D eigenvalue weighted by Gasteiger charge is -2.29. The number of aliphatic hydroxyl groups excluding tert-OH is 1. The van der Waals surface area contributed by atoms with Crippen LogP contribution < -0.4 is 10.2 Å². The number of allylic oxidation sites excluding steroid dienone is 3. The van der Waals surface area contributed by atoms with E-state index < -0.39 is 26.6 Å². The summed E-state index contributed by atoms with van der Waals surface area (Å²) in [6.45, 7) is 5.77. The summed E-state index contributed by atoms with van der Waals surface area (Å²) in [6.07, 6.45) is 9.57. The first-order valence-electron chi connectivity index (χ1n) is 10.6. The average molecular weight is 449 g/mol. The van der Waals surface area contributed by atoms with E-state index in [1.165, 1.54) is 0 Å². The summed E-state index contributed by atoms with van der Waals surface area (Å²) < 4.78 is 22.4. The Morgan fingerprint density at radius 1 is 1.17 bits per heavy atom. The molecule has 1 amide bonds. The molecule has 0 spiro atoms. The van der Waals surface area contributed by atoms with E-state index in [0.29, 0.717) is 17.4 Å². The lowest BCUT2D eigenvalue weighted by Crippen LogP contribution is -2.47. The number of likely N-dealkylation sites (N-methyl/N-ethyl adjacent to an activating group) is 1. The van der Waals surface area contributed by atoms with E-state index in [2.05, 4.69) is 24.4 Å². The van der Waals surface area contributed by atoms with Crippen molar-refractivity contribution in [3.63, 3.8) is 0 Å². The molecule has 0 rings (SSSR count). The number of quaternary nitrogens is 1. The van der Waals surface area contributed by atoms with E-state index in [1.807, 2.05) is 34.1 Å². The Labute approximate surface area is 182 Å². The number of carbonyl (C=O) groups excluding carboxylic acids is 1. The van der Waals surface area contributed by atoms with Crippen LogP contribution in [0.4, 0.5) is 0 Å². The Kier molecular flexibility index (Phi) is 14.4. The molecule has 0 aromatic heterocycles. The zero-order valence-corrected chi connectivity index (χ0v) is 20.3. The molecule has 176 valence electrons. The van der Waals surface area contributed by atoms with E-state index in [1.54, 1.807) is 13.0 Å². The van der Waals surface area contributed by atoms with Gasteiger partial charge in [0.25, 0.3) is 7.82 Å². The van der Waals surface area contributed by atoms with Crippen molar-refractivity contribution in [2.45, 2.75) is 58.6 Å². The van der Waals surface area contributed by atoms with Crippen molar-refractivity contribution in [3.8, 4) is 0 Å². The van der Waals surface area contributed by atoms with Gasteiger partial charge in [0, 0.05) is 5.92 Å². The van der Waals surface area contributed by atoms with Crippen LogP contribution in [0.2, 0.25) is 0 Å². The number of unbranched alkanes of at least 4 members (excludes halogenated alkanes) is 1. The van der Waals surface area contributed by atoms with Crippen LogP contribution >= 0.6 is 7.82 Å². The molecule has 0 aliphatic heterocycles. The van der Waals surface area contributed by atoms with Gasteiger partial charge in [-0.15, -0.1) is 0 Å². The maximum Gasteiger partial charge on any atom is 0.268 e. The fraction of sp³-hybridized carbons (Fsp3) is 0.762. The van der Waals surface area contributed by atoms with Crippen molar-refractivity contribution >= 4 is 13.7 Å². The van der Waals surface area contributed by atoms with Crippen LogP contribution in [0.15, 0.2) is 24.3 Å². The molecule has 8 nitrogen and oxygen atoms in total. The molecular formula is C21H41N2O6P. The maximum absolute atomic E-state index is 12.3. The van der Waals surface area contributed by atoms with Crippen LogP contribution in [-0.4, -0.2) is 68.5 Å². The summed E-state index contributed by atoms with van der Waals surface area (Å²) in [6, 6.07) is -0.904. The molecule has 0 aliphatic carbocycles. The van der Waals surface area contributed by atoms with Crippen LogP contribution in [0, 0.1) is 5.92 Å².